The van der Waals surface area contributed by atoms with E-state index in [9.17, 15) is 28.0 Å². The molecule has 1 atom stereocenters. The molecule has 0 unspecified atom stereocenters. The summed E-state index contributed by atoms with van der Waals surface area (Å²) in [5, 5.41) is 7.96. The average molecular weight is 527 g/mol. The number of pyridine rings is 1. The molecule has 3 N–H and O–H groups in total. The minimum atomic E-state index is -2.65. The zero-order valence-corrected chi connectivity index (χ0v) is 21.1. The molecule has 0 saturated heterocycles. The maximum atomic E-state index is 13.4. The highest BCUT2D eigenvalue weighted by atomic mass is 19.3. The first-order valence-electron chi connectivity index (χ1n) is 12.9. The van der Waals surface area contributed by atoms with Crippen LogP contribution in [0.15, 0.2) is 54.7 Å². The number of ketones is 1. The molecular weight excluding hydrogens is 494 g/mol. The Kier molecular flexibility index (Phi) is 8.48. The Morgan fingerprint density at radius 2 is 1.58 bits per heavy atom. The second-order valence-electron chi connectivity index (χ2n) is 10.2. The second-order valence-corrected chi connectivity index (χ2v) is 10.2. The fraction of sp³-hybridized carbons (Fsp3) is 0.464. The molecule has 10 heteroatoms. The Morgan fingerprint density at radius 1 is 0.895 bits per heavy atom. The van der Waals surface area contributed by atoms with Crippen molar-refractivity contribution in [1.82, 2.24) is 20.9 Å². The van der Waals surface area contributed by atoms with Crippen LogP contribution in [-0.4, -0.2) is 47.0 Å². The van der Waals surface area contributed by atoms with Gasteiger partial charge in [-0.3, -0.25) is 24.2 Å². The third-order valence-electron chi connectivity index (χ3n) is 7.29. The van der Waals surface area contributed by atoms with Crippen LogP contribution >= 0.6 is 0 Å². The number of nitrogens with zero attached hydrogens (tertiary/aromatic N) is 1. The van der Waals surface area contributed by atoms with E-state index in [1.54, 1.807) is 48.7 Å². The number of aromatic nitrogens is 1. The standard InChI is InChI=1S/C28H32F2N4O4/c29-28(30)11-9-20(10-12-28)17-33-25(37)27(13-14-27)26(38)34-22(16-19-6-2-1-3-7-19)23(35)24(36)32-18-21-8-4-5-15-31-21/h1-8,15,20,22H,9-14,16-18H2,(H,32,36)(H,33,37)(H,34,38)/t22-/m1/s1. The van der Waals surface area contributed by atoms with E-state index in [0.29, 0.717) is 31.4 Å². The van der Waals surface area contributed by atoms with Crippen molar-refractivity contribution in [2.45, 2.75) is 63.5 Å². The van der Waals surface area contributed by atoms with E-state index in [-0.39, 0.29) is 38.3 Å². The predicted molar refractivity (Wildman–Crippen MR) is 135 cm³/mol. The topological polar surface area (TPSA) is 117 Å². The fourth-order valence-electron chi connectivity index (χ4n) is 4.67. The Bertz CT molecular complexity index is 1150. The number of halogens is 2. The number of hydrogen-bond donors (Lipinski definition) is 3. The van der Waals surface area contributed by atoms with Gasteiger partial charge in [-0.2, -0.15) is 0 Å². The predicted octanol–water partition coefficient (Wildman–Crippen LogP) is 2.72. The number of benzene rings is 1. The van der Waals surface area contributed by atoms with Crippen molar-refractivity contribution in [2.24, 2.45) is 11.3 Å². The summed E-state index contributed by atoms with van der Waals surface area (Å²) in [6.07, 6.45) is 2.50. The third-order valence-corrected chi connectivity index (χ3v) is 7.29. The zero-order valence-electron chi connectivity index (χ0n) is 21.1. The highest BCUT2D eigenvalue weighted by Gasteiger charge is 2.57. The van der Waals surface area contributed by atoms with Crippen molar-refractivity contribution >= 4 is 23.5 Å². The molecule has 0 radical (unpaired) electrons. The molecule has 2 saturated carbocycles. The molecule has 1 heterocycles. The van der Waals surface area contributed by atoms with Gasteiger partial charge >= 0.3 is 0 Å². The first-order chi connectivity index (χ1) is 18.2. The molecule has 1 aromatic heterocycles. The summed E-state index contributed by atoms with van der Waals surface area (Å²) >= 11 is 0. The van der Waals surface area contributed by atoms with Gasteiger partial charge in [-0.25, -0.2) is 8.78 Å². The van der Waals surface area contributed by atoms with Crippen LogP contribution in [0.4, 0.5) is 8.78 Å². The van der Waals surface area contributed by atoms with Crippen molar-refractivity contribution in [1.29, 1.82) is 0 Å². The average Bonchev–Trinajstić information content (AvgIpc) is 3.74. The van der Waals surface area contributed by atoms with Crippen LogP contribution < -0.4 is 16.0 Å². The lowest BCUT2D eigenvalue weighted by Gasteiger charge is -2.28. The van der Waals surface area contributed by atoms with Gasteiger partial charge in [-0.1, -0.05) is 36.4 Å². The number of carbonyl (C=O) groups is 4. The van der Waals surface area contributed by atoms with Crippen LogP contribution in [0.5, 0.6) is 0 Å². The lowest BCUT2D eigenvalue weighted by Crippen LogP contribution is -2.53. The van der Waals surface area contributed by atoms with Crippen LogP contribution in [0.1, 0.15) is 49.8 Å². The van der Waals surface area contributed by atoms with Gasteiger partial charge < -0.3 is 16.0 Å². The van der Waals surface area contributed by atoms with Crippen LogP contribution in [0, 0.1) is 11.3 Å². The molecule has 2 aliphatic carbocycles. The van der Waals surface area contributed by atoms with E-state index < -0.39 is 40.9 Å². The summed E-state index contributed by atoms with van der Waals surface area (Å²) in [6.45, 7) is 0.281. The van der Waals surface area contributed by atoms with E-state index in [0.717, 1.165) is 5.56 Å². The molecule has 8 nitrogen and oxygen atoms in total. The van der Waals surface area contributed by atoms with E-state index >= 15 is 0 Å². The van der Waals surface area contributed by atoms with Gasteiger partial charge in [0, 0.05) is 32.0 Å². The SMILES string of the molecule is O=C(NCc1ccccn1)C(=O)[C@@H](Cc1ccccc1)NC(=O)C1(C(=O)NCC2CCC(F)(F)CC2)CC1. The lowest BCUT2D eigenvalue weighted by molar-refractivity contribution is -0.142. The van der Waals surface area contributed by atoms with Gasteiger partial charge in [0.15, 0.2) is 0 Å². The number of carbonyl (C=O) groups excluding carboxylic acids is 4. The number of hydrogen-bond acceptors (Lipinski definition) is 5. The number of rotatable bonds is 11. The Hall–Kier alpha value is -3.69. The van der Waals surface area contributed by atoms with Crippen LogP contribution in [0.25, 0.3) is 0 Å². The molecule has 1 aromatic carbocycles. The molecule has 0 bridgehead atoms. The van der Waals surface area contributed by atoms with Crippen LogP contribution in [0.3, 0.4) is 0 Å². The zero-order chi connectivity index (χ0) is 27.2. The second kappa shape index (κ2) is 11.8. The van der Waals surface area contributed by atoms with Crippen molar-refractivity contribution in [3.05, 3.63) is 66.0 Å². The number of nitrogens with one attached hydrogen (secondary N) is 3. The van der Waals surface area contributed by atoms with Crippen LogP contribution in [0.2, 0.25) is 0 Å². The normalized spacial score (nSPS) is 18.6. The summed E-state index contributed by atoms with van der Waals surface area (Å²) in [5.74, 6) is -5.48. The lowest BCUT2D eigenvalue weighted by atomic mass is 9.86. The first kappa shape index (κ1) is 27.3. The summed E-state index contributed by atoms with van der Waals surface area (Å²) in [4.78, 5) is 56.1. The monoisotopic (exact) mass is 526 g/mol. The van der Waals surface area contributed by atoms with E-state index in [2.05, 4.69) is 20.9 Å². The highest BCUT2D eigenvalue weighted by Crippen LogP contribution is 2.46. The van der Waals surface area contributed by atoms with Crippen LogP contribution in [-0.2, 0) is 32.1 Å². The molecule has 0 spiro atoms. The first-order valence-corrected chi connectivity index (χ1v) is 12.9. The van der Waals surface area contributed by atoms with Gasteiger partial charge in [0.2, 0.25) is 23.5 Å². The molecular formula is C28H32F2N4O4. The smallest absolute Gasteiger partial charge is 0.289 e. The van der Waals surface area contributed by atoms with Crippen molar-refractivity contribution < 1.29 is 28.0 Å². The molecule has 38 heavy (non-hydrogen) atoms. The fourth-order valence-corrected chi connectivity index (χ4v) is 4.67. The minimum absolute atomic E-state index is 0.0524. The minimum Gasteiger partial charge on any atom is -0.355 e. The summed E-state index contributed by atoms with van der Waals surface area (Å²) < 4.78 is 26.8. The van der Waals surface area contributed by atoms with Gasteiger partial charge in [0.1, 0.15) is 11.5 Å². The largest absolute Gasteiger partial charge is 0.355 e. The van der Waals surface area contributed by atoms with E-state index in [4.69, 9.17) is 0 Å². The summed E-state index contributed by atoms with van der Waals surface area (Å²) in [7, 11) is 0. The summed E-state index contributed by atoms with van der Waals surface area (Å²) in [5.41, 5.74) is -0.00205. The van der Waals surface area contributed by atoms with Gasteiger partial charge in [0.25, 0.3) is 5.91 Å². The molecule has 2 fully saturated rings. The molecule has 202 valence electrons. The van der Waals surface area contributed by atoms with Gasteiger partial charge in [0.05, 0.1) is 12.2 Å². The quantitative estimate of drug-likeness (QED) is 0.308. The maximum absolute atomic E-state index is 13.4. The number of Topliss-reactive ketones (excluding diaryl/α,β-unsaturated/α-hetero) is 1. The van der Waals surface area contributed by atoms with E-state index in [1.165, 1.54) is 0 Å². The number of amides is 3. The van der Waals surface area contributed by atoms with Gasteiger partial charge in [-0.05, 0) is 49.3 Å². The molecule has 0 aliphatic heterocycles. The summed E-state index contributed by atoms with van der Waals surface area (Å²) in [6, 6.07) is 13.0. The molecule has 4 rings (SSSR count). The van der Waals surface area contributed by atoms with Crippen molar-refractivity contribution in [3.63, 3.8) is 0 Å². The van der Waals surface area contributed by atoms with E-state index in [1.807, 2.05) is 6.07 Å². The Balaban J connectivity index is 1.38. The van der Waals surface area contributed by atoms with Crippen molar-refractivity contribution in [3.8, 4) is 0 Å². The van der Waals surface area contributed by atoms with Crippen molar-refractivity contribution in [2.75, 3.05) is 6.54 Å². The molecule has 2 aliphatic rings. The Labute approximate surface area is 220 Å². The molecule has 2 aromatic rings. The Morgan fingerprint density at radius 3 is 2.21 bits per heavy atom. The number of alkyl halides is 2. The third kappa shape index (κ3) is 6.99. The maximum Gasteiger partial charge on any atom is 0.289 e. The molecule has 3 amide bonds. The highest BCUT2D eigenvalue weighted by molar-refractivity contribution is 6.38. The van der Waals surface area contributed by atoms with Gasteiger partial charge in [-0.15, -0.1) is 0 Å².